The van der Waals surface area contributed by atoms with Crippen LogP contribution >= 0.6 is 0 Å². The predicted molar refractivity (Wildman–Crippen MR) is 131 cm³/mol. The molecular weight excluding hydrogens is 360 g/mol. The number of benzene rings is 4. The summed E-state index contributed by atoms with van der Waals surface area (Å²) in [7, 11) is 0. The topological polar surface area (TPSA) is 0 Å². The summed E-state index contributed by atoms with van der Waals surface area (Å²) in [6.45, 7) is 0. The van der Waals surface area contributed by atoms with Crippen molar-refractivity contribution >= 4 is 43.1 Å². The van der Waals surface area contributed by atoms with E-state index in [2.05, 4.69) is 109 Å². The second kappa shape index (κ2) is 7.00. The van der Waals surface area contributed by atoms with Gasteiger partial charge in [0.15, 0.2) is 0 Å². The standard InChI is InChI=1S/C30H22/c1-5-15-25-21(11-1)22-12-2-6-16-26(22)29(25)19-9-10-20-30-27-17-7-3-13-23(27)24-14-4-8-18-28(24)30/h1-18H,19-20H2/q-2/b10-9+. The van der Waals surface area contributed by atoms with Crippen LogP contribution in [0.2, 0.25) is 0 Å². The van der Waals surface area contributed by atoms with E-state index in [0.29, 0.717) is 0 Å². The Morgan fingerprint density at radius 2 is 0.867 bits per heavy atom. The smallest absolute Gasteiger partial charge is 0.0374 e. The Balaban J connectivity index is 1.37. The van der Waals surface area contributed by atoms with Gasteiger partial charge in [-0.25, -0.2) is 0 Å². The van der Waals surface area contributed by atoms with Gasteiger partial charge in [0.2, 0.25) is 0 Å². The maximum atomic E-state index is 2.35. The molecule has 0 saturated heterocycles. The van der Waals surface area contributed by atoms with Crippen molar-refractivity contribution in [1.82, 2.24) is 0 Å². The van der Waals surface area contributed by atoms with Gasteiger partial charge in [-0.05, 0) is 12.8 Å². The second-order valence-electron chi connectivity index (χ2n) is 8.02. The Hall–Kier alpha value is -3.64. The Bertz CT molecular complexity index is 1310. The van der Waals surface area contributed by atoms with Crippen LogP contribution in [0.1, 0.15) is 11.1 Å². The first-order valence-corrected chi connectivity index (χ1v) is 10.7. The molecule has 0 saturated carbocycles. The van der Waals surface area contributed by atoms with Gasteiger partial charge in [-0.1, -0.05) is 80.9 Å². The monoisotopic (exact) mass is 382 g/mol. The van der Waals surface area contributed by atoms with E-state index in [1.165, 1.54) is 54.2 Å². The molecule has 0 heterocycles. The van der Waals surface area contributed by atoms with Crippen molar-refractivity contribution in [3.05, 3.63) is 120 Å². The summed E-state index contributed by atoms with van der Waals surface area (Å²) < 4.78 is 0. The number of hydrogen-bond donors (Lipinski definition) is 0. The van der Waals surface area contributed by atoms with E-state index in [4.69, 9.17) is 0 Å². The highest BCUT2D eigenvalue weighted by atomic mass is 14.1. The average Bonchev–Trinajstić information content (AvgIpc) is 3.30. The zero-order chi connectivity index (χ0) is 19.9. The first-order valence-electron chi connectivity index (χ1n) is 10.7. The average molecular weight is 383 g/mol. The lowest BCUT2D eigenvalue weighted by Crippen LogP contribution is -1.83. The largest absolute Gasteiger partial charge is 0.117 e. The molecule has 0 aliphatic heterocycles. The highest BCUT2D eigenvalue weighted by molar-refractivity contribution is 6.16. The van der Waals surface area contributed by atoms with Crippen LogP contribution in [-0.2, 0) is 12.8 Å². The fourth-order valence-electron chi connectivity index (χ4n) is 5.06. The van der Waals surface area contributed by atoms with Crippen molar-refractivity contribution in [2.24, 2.45) is 0 Å². The van der Waals surface area contributed by atoms with Gasteiger partial charge < -0.3 is 0 Å². The van der Waals surface area contributed by atoms with Crippen molar-refractivity contribution < 1.29 is 0 Å². The maximum absolute atomic E-state index is 2.35. The molecule has 0 heteroatoms. The Kier molecular flexibility index (Phi) is 4.02. The van der Waals surface area contributed by atoms with Crippen molar-refractivity contribution in [1.29, 1.82) is 0 Å². The molecular formula is C30H22-2. The fraction of sp³-hybridized carbons (Fsp3) is 0.0667. The second-order valence-corrected chi connectivity index (χ2v) is 8.02. The minimum atomic E-state index is 0.963. The first kappa shape index (κ1) is 17.2. The van der Waals surface area contributed by atoms with Gasteiger partial charge >= 0.3 is 0 Å². The summed E-state index contributed by atoms with van der Waals surface area (Å²) >= 11 is 0. The molecule has 0 bridgehead atoms. The Morgan fingerprint density at radius 1 is 0.467 bits per heavy atom. The van der Waals surface area contributed by atoms with E-state index >= 15 is 0 Å². The molecule has 6 aromatic rings. The summed E-state index contributed by atoms with van der Waals surface area (Å²) in [4.78, 5) is 0. The highest BCUT2D eigenvalue weighted by Gasteiger charge is 2.04. The molecule has 0 N–H and O–H groups in total. The Labute approximate surface area is 176 Å². The summed E-state index contributed by atoms with van der Waals surface area (Å²) in [5, 5.41) is 11.0. The predicted octanol–water partition coefficient (Wildman–Crippen LogP) is 8.08. The summed E-state index contributed by atoms with van der Waals surface area (Å²) in [5.74, 6) is 0. The van der Waals surface area contributed by atoms with Gasteiger partial charge in [0.05, 0.1) is 0 Å². The van der Waals surface area contributed by atoms with Gasteiger partial charge in [0, 0.05) is 0 Å². The molecule has 6 rings (SSSR count). The zero-order valence-corrected chi connectivity index (χ0v) is 16.8. The quantitative estimate of drug-likeness (QED) is 0.213. The number of hydrogen-bond acceptors (Lipinski definition) is 0. The van der Waals surface area contributed by atoms with Crippen LogP contribution in [0, 0.1) is 0 Å². The van der Waals surface area contributed by atoms with E-state index in [1.54, 1.807) is 0 Å². The van der Waals surface area contributed by atoms with Crippen LogP contribution in [0.15, 0.2) is 109 Å². The van der Waals surface area contributed by atoms with Crippen LogP contribution in [0.4, 0.5) is 0 Å². The summed E-state index contributed by atoms with van der Waals surface area (Å²) in [6.07, 6.45) is 6.63. The molecule has 0 radical (unpaired) electrons. The van der Waals surface area contributed by atoms with Gasteiger partial charge in [0.1, 0.15) is 0 Å². The van der Waals surface area contributed by atoms with Crippen LogP contribution in [0.25, 0.3) is 43.1 Å². The molecule has 0 nitrogen and oxygen atoms in total. The minimum absolute atomic E-state index is 0.963. The van der Waals surface area contributed by atoms with Crippen LogP contribution in [-0.4, -0.2) is 0 Å². The summed E-state index contributed by atoms with van der Waals surface area (Å²) in [6, 6.07) is 35.2. The lowest BCUT2D eigenvalue weighted by atomic mass is 10.1. The van der Waals surface area contributed by atoms with E-state index in [-0.39, 0.29) is 0 Å². The molecule has 30 heavy (non-hydrogen) atoms. The van der Waals surface area contributed by atoms with Crippen LogP contribution in [0.5, 0.6) is 0 Å². The van der Waals surface area contributed by atoms with Crippen molar-refractivity contribution in [3.63, 3.8) is 0 Å². The van der Waals surface area contributed by atoms with Crippen molar-refractivity contribution in [3.8, 4) is 0 Å². The van der Waals surface area contributed by atoms with E-state index < -0.39 is 0 Å². The van der Waals surface area contributed by atoms with Crippen molar-refractivity contribution in [2.75, 3.05) is 0 Å². The molecule has 0 fully saturated rings. The van der Waals surface area contributed by atoms with E-state index in [1.807, 2.05) is 0 Å². The third-order valence-electron chi connectivity index (χ3n) is 6.40. The Morgan fingerprint density at radius 3 is 1.37 bits per heavy atom. The van der Waals surface area contributed by atoms with Crippen LogP contribution < -0.4 is 0 Å². The van der Waals surface area contributed by atoms with Gasteiger partial charge in [-0.2, -0.15) is 0 Å². The number of fused-ring (bicyclic) bond motifs is 6. The lowest BCUT2D eigenvalue weighted by Gasteiger charge is -2.05. The van der Waals surface area contributed by atoms with Crippen LogP contribution in [0.3, 0.4) is 0 Å². The van der Waals surface area contributed by atoms with Gasteiger partial charge in [0.25, 0.3) is 0 Å². The van der Waals surface area contributed by atoms with Gasteiger partial charge in [-0.3, -0.25) is 0 Å². The molecule has 144 valence electrons. The zero-order valence-electron chi connectivity index (χ0n) is 16.8. The molecule has 6 aromatic carbocycles. The number of allylic oxidation sites excluding steroid dienone is 2. The highest BCUT2D eigenvalue weighted by Crippen LogP contribution is 2.35. The SMILES string of the molecule is C(=C\Cc1c2ccccc2[c-]2ccccc12)/Cc1c2ccccc2[c-]2ccccc12. The maximum Gasteiger partial charge on any atom is -0.0374 e. The normalized spacial score (nSPS) is 12.1. The molecule has 0 amide bonds. The molecule has 0 aliphatic rings. The fourth-order valence-corrected chi connectivity index (χ4v) is 5.06. The molecule has 0 aliphatic carbocycles. The molecule has 0 unspecified atom stereocenters. The molecule has 0 spiro atoms. The molecule has 0 atom stereocenters. The molecule has 0 aromatic heterocycles. The number of rotatable bonds is 4. The summed E-state index contributed by atoms with van der Waals surface area (Å²) in [5.41, 5.74) is 2.88. The van der Waals surface area contributed by atoms with E-state index in [0.717, 1.165) is 12.8 Å². The van der Waals surface area contributed by atoms with E-state index in [9.17, 15) is 0 Å². The third-order valence-corrected chi connectivity index (χ3v) is 6.40. The van der Waals surface area contributed by atoms with Crippen molar-refractivity contribution in [2.45, 2.75) is 12.8 Å². The van der Waals surface area contributed by atoms with Gasteiger partial charge in [-0.15, -0.1) is 82.6 Å². The lowest BCUT2D eigenvalue weighted by molar-refractivity contribution is 1.26. The minimum Gasteiger partial charge on any atom is -0.117 e. The third kappa shape index (κ3) is 2.61. The first-order chi connectivity index (χ1) is 14.9.